The number of carbonyl (C=O) groups excluding carboxylic acids is 2. The second-order valence-electron chi connectivity index (χ2n) is 6.85. The molecule has 2 aromatic heterocycles. The monoisotopic (exact) mass is 511 g/mol. The van der Waals surface area contributed by atoms with Gasteiger partial charge in [-0.2, -0.15) is 0 Å². The minimum absolute atomic E-state index is 0.220. The predicted octanol–water partition coefficient (Wildman–Crippen LogP) is 5.75. The van der Waals surface area contributed by atoms with Crippen LogP contribution in [0, 0.1) is 6.92 Å². The molecule has 0 amide bonds. The van der Waals surface area contributed by atoms with Crippen LogP contribution < -0.4 is 5.32 Å². The van der Waals surface area contributed by atoms with Gasteiger partial charge in [0.2, 0.25) is 0 Å². The van der Waals surface area contributed by atoms with Crippen LogP contribution in [0.25, 0.3) is 21.3 Å². The third-order valence-corrected chi connectivity index (χ3v) is 6.38. The molecule has 4 aromatic rings. The number of carbonyl (C=O) groups is 2. The Morgan fingerprint density at radius 2 is 1.59 bits per heavy atom. The van der Waals surface area contributed by atoms with E-state index in [-0.39, 0.29) is 11.1 Å². The van der Waals surface area contributed by atoms with Gasteiger partial charge >= 0.3 is 11.9 Å². The summed E-state index contributed by atoms with van der Waals surface area (Å²) in [5, 5.41) is 4.11. The van der Waals surface area contributed by atoms with E-state index in [1.54, 1.807) is 23.5 Å². The number of halogens is 1. The van der Waals surface area contributed by atoms with Gasteiger partial charge in [0.15, 0.2) is 0 Å². The zero-order valence-corrected chi connectivity index (χ0v) is 19.8. The number of anilines is 2. The van der Waals surface area contributed by atoms with Gasteiger partial charge in [-0.3, -0.25) is 0 Å². The van der Waals surface area contributed by atoms with Crippen LogP contribution in [0.5, 0.6) is 0 Å². The van der Waals surface area contributed by atoms with Gasteiger partial charge in [0, 0.05) is 20.6 Å². The Hall–Kier alpha value is -3.30. The van der Waals surface area contributed by atoms with Gasteiger partial charge in [-0.05, 0) is 42.8 Å². The van der Waals surface area contributed by atoms with E-state index in [1.807, 2.05) is 31.2 Å². The molecule has 0 atom stereocenters. The van der Waals surface area contributed by atoms with E-state index < -0.39 is 11.9 Å². The topological polar surface area (TPSA) is 90.4 Å². The SMILES string of the molecule is COC(=O)c1cc(Nc2ncnc3sc(C)c(-c4ccc(Br)cc4)c23)cc(C(=O)OC)c1. The number of benzene rings is 2. The van der Waals surface area contributed by atoms with Crippen LogP contribution in [-0.4, -0.2) is 36.1 Å². The highest BCUT2D eigenvalue weighted by atomic mass is 79.9. The molecule has 4 rings (SSSR count). The van der Waals surface area contributed by atoms with E-state index in [0.29, 0.717) is 11.5 Å². The quantitative estimate of drug-likeness (QED) is 0.341. The summed E-state index contributed by atoms with van der Waals surface area (Å²) in [5.74, 6) is -0.558. The number of methoxy groups -OCH3 is 2. The van der Waals surface area contributed by atoms with E-state index in [0.717, 1.165) is 30.7 Å². The first-order valence-corrected chi connectivity index (χ1v) is 11.1. The molecule has 7 nitrogen and oxygen atoms in total. The summed E-state index contributed by atoms with van der Waals surface area (Å²) in [6.45, 7) is 2.04. The van der Waals surface area contributed by atoms with Crippen LogP contribution in [0.4, 0.5) is 11.5 Å². The van der Waals surface area contributed by atoms with E-state index in [4.69, 9.17) is 9.47 Å². The molecule has 0 aliphatic carbocycles. The molecule has 0 saturated carbocycles. The van der Waals surface area contributed by atoms with Crippen molar-refractivity contribution in [2.75, 3.05) is 19.5 Å². The summed E-state index contributed by atoms with van der Waals surface area (Å²) in [4.78, 5) is 35.1. The van der Waals surface area contributed by atoms with Gasteiger partial charge in [0.1, 0.15) is 17.0 Å². The number of nitrogens with zero attached hydrogens (tertiary/aromatic N) is 2. The summed E-state index contributed by atoms with van der Waals surface area (Å²) in [6.07, 6.45) is 1.48. The Kier molecular flexibility index (Phi) is 6.20. The number of hydrogen-bond donors (Lipinski definition) is 1. The van der Waals surface area contributed by atoms with Crippen LogP contribution in [0.15, 0.2) is 53.3 Å². The normalized spacial score (nSPS) is 10.8. The maximum absolute atomic E-state index is 12.1. The predicted molar refractivity (Wildman–Crippen MR) is 128 cm³/mol. The van der Waals surface area contributed by atoms with Gasteiger partial charge in [-0.15, -0.1) is 11.3 Å². The third-order valence-electron chi connectivity index (χ3n) is 4.84. The fourth-order valence-electron chi connectivity index (χ4n) is 3.41. The molecule has 9 heteroatoms. The van der Waals surface area contributed by atoms with Gasteiger partial charge in [0.25, 0.3) is 0 Å². The van der Waals surface area contributed by atoms with Crippen molar-refractivity contribution in [2.45, 2.75) is 6.92 Å². The Morgan fingerprint density at radius 1 is 0.969 bits per heavy atom. The van der Waals surface area contributed by atoms with Crippen LogP contribution in [0.2, 0.25) is 0 Å². The summed E-state index contributed by atoms with van der Waals surface area (Å²) in [5.41, 5.74) is 3.00. The molecule has 0 unspecified atom stereocenters. The average molecular weight is 512 g/mol. The molecule has 2 aromatic carbocycles. The second kappa shape index (κ2) is 9.05. The van der Waals surface area contributed by atoms with Crippen LogP contribution in [0.1, 0.15) is 25.6 Å². The standard InChI is InChI=1S/C23H18BrN3O4S/c1-12-18(13-4-6-16(24)7-5-13)19-20(25-11-26-21(19)32-12)27-17-9-14(22(28)30-2)8-15(10-17)23(29)31-3/h4-11H,1-3H3,(H,25,26,27). The zero-order valence-electron chi connectivity index (χ0n) is 17.4. The molecule has 0 saturated heterocycles. The highest BCUT2D eigenvalue weighted by Gasteiger charge is 2.19. The van der Waals surface area contributed by atoms with Crippen molar-refractivity contribution in [2.24, 2.45) is 0 Å². The number of thiophene rings is 1. The van der Waals surface area contributed by atoms with Crippen molar-refractivity contribution in [1.82, 2.24) is 9.97 Å². The summed E-state index contributed by atoms with van der Waals surface area (Å²) < 4.78 is 10.6. The van der Waals surface area contributed by atoms with E-state index in [9.17, 15) is 9.59 Å². The maximum Gasteiger partial charge on any atom is 0.337 e. The van der Waals surface area contributed by atoms with Crippen molar-refractivity contribution in [3.8, 4) is 11.1 Å². The number of esters is 2. The van der Waals surface area contributed by atoms with E-state index in [2.05, 4.69) is 31.2 Å². The lowest BCUT2D eigenvalue weighted by atomic mass is 10.0. The molecule has 0 bridgehead atoms. The molecule has 0 fully saturated rings. The maximum atomic E-state index is 12.1. The lowest BCUT2D eigenvalue weighted by molar-refractivity contribution is 0.0599. The van der Waals surface area contributed by atoms with Crippen molar-refractivity contribution in [3.63, 3.8) is 0 Å². The van der Waals surface area contributed by atoms with Crippen LogP contribution in [0.3, 0.4) is 0 Å². The Labute approximate surface area is 196 Å². The highest BCUT2D eigenvalue weighted by Crippen LogP contribution is 2.41. The number of hydrogen-bond acceptors (Lipinski definition) is 8. The number of ether oxygens (including phenoxy) is 2. The van der Waals surface area contributed by atoms with Crippen LogP contribution >= 0.6 is 27.3 Å². The Balaban J connectivity index is 1.86. The minimum atomic E-state index is -0.562. The number of nitrogens with one attached hydrogen (secondary N) is 1. The van der Waals surface area contributed by atoms with E-state index in [1.165, 1.54) is 26.6 Å². The first kappa shape index (κ1) is 21.9. The number of rotatable bonds is 5. The molecule has 0 aliphatic heterocycles. The number of aryl methyl sites for hydroxylation is 1. The summed E-state index contributed by atoms with van der Waals surface area (Å²) in [7, 11) is 2.57. The molecule has 0 aliphatic rings. The summed E-state index contributed by atoms with van der Waals surface area (Å²) >= 11 is 5.05. The fraction of sp³-hybridized carbons (Fsp3) is 0.130. The smallest absolute Gasteiger partial charge is 0.337 e. The first-order valence-electron chi connectivity index (χ1n) is 9.50. The largest absolute Gasteiger partial charge is 0.465 e. The van der Waals surface area contributed by atoms with Crippen molar-refractivity contribution >= 4 is 60.9 Å². The third kappa shape index (κ3) is 4.21. The molecule has 162 valence electrons. The lowest BCUT2D eigenvalue weighted by Gasteiger charge is -2.12. The summed E-state index contributed by atoms with van der Waals surface area (Å²) in [6, 6.07) is 12.7. The molecular formula is C23H18BrN3O4S. The number of fused-ring (bicyclic) bond motifs is 1. The van der Waals surface area contributed by atoms with Crippen molar-refractivity contribution in [3.05, 3.63) is 69.3 Å². The molecule has 0 radical (unpaired) electrons. The average Bonchev–Trinajstić information content (AvgIpc) is 3.15. The fourth-order valence-corrected chi connectivity index (χ4v) is 4.69. The van der Waals surface area contributed by atoms with Crippen LogP contribution in [-0.2, 0) is 9.47 Å². The van der Waals surface area contributed by atoms with Crippen molar-refractivity contribution < 1.29 is 19.1 Å². The van der Waals surface area contributed by atoms with Gasteiger partial charge in [0.05, 0.1) is 30.7 Å². The van der Waals surface area contributed by atoms with Gasteiger partial charge in [-0.25, -0.2) is 19.6 Å². The molecule has 0 spiro atoms. The second-order valence-corrected chi connectivity index (χ2v) is 8.97. The first-order chi connectivity index (χ1) is 15.4. The van der Waals surface area contributed by atoms with Crippen molar-refractivity contribution in [1.29, 1.82) is 0 Å². The molecular weight excluding hydrogens is 494 g/mol. The molecule has 2 heterocycles. The highest BCUT2D eigenvalue weighted by molar-refractivity contribution is 9.10. The minimum Gasteiger partial charge on any atom is -0.465 e. The van der Waals surface area contributed by atoms with Gasteiger partial charge in [-0.1, -0.05) is 28.1 Å². The van der Waals surface area contributed by atoms with E-state index >= 15 is 0 Å². The number of aromatic nitrogens is 2. The Morgan fingerprint density at radius 3 is 2.19 bits per heavy atom. The van der Waals surface area contributed by atoms with Gasteiger partial charge < -0.3 is 14.8 Å². The Bertz CT molecular complexity index is 1300. The zero-order chi connectivity index (χ0) is 22.8. The molecule has 32 heavy (non-hydrogen) atoms. The molecule has 1 N–H and O–H groups in total. The lowest BCUT2D eigenvalue weighted by Crippen LogP contribution is -2.08.